The van der Waals surface area contributed by atoms with Gasteiger partial charge in [-0.05, 0) is 31.4 Å². The number of nitrogens with one attached hydrogen (secondary N) is 1. The van der Waals surface area contributed by atoms with Gasteiger partial charge in [0.05, 0.1) is 16.2 Å². The van der Waals surface area contributed by atoms with Crippen LogP contribution in [0.15, 0.2) is 24.3 Å². The van der Waals surface area contributed by atoms with E-state index in [1.54, 1.807) is 36.0 Å². The van der Waals surface area contributed by atoms with Crippen molar-refractivity contribution in [2.45, 2.75) is 36.0 Å². The van der Waals surface area contributed by atoms with Gasteiger partial charge in [0, 0.05) is 18.3 Å². The van der Waals surface area contributed by atoms with E-state index in [2.05, 4.69) is 33.0 Å². The van der Waals surface area contributed by atoms with Crippen LogP contribution in [0.5, 0.6) is 5.75 Å². The quantitative estimate of drug-likeness (QED) is 0.473. The molecule has 2 aliphatic rings. The molecule has 0 fully saturated rings. The summed E-state index contributed by atoms with van der Waals surface area (Å²) in [5, 5.41) is 6.88. The molecule has 4 rings (SSSR count). The second-order valence-corrected chi connectivity index (χ2v) is 8.26. The van der Waals surface area contributed by atoms with Crippen LogP contribution in [0.1, 0.15) is 28.2 Å². The largest absolute Gasteiger partial charge is 0.489 e. The van der Waals surface area contributed by atoms with Gasteiger partial charge in [0.1, 0.15) is 18.4 Å². The van der Waals surface area contributed by atoms with E-state index in [4.69, 9.17) is 4.74 Å². The molecule has 0 bridgehead atoms. The van der Waals surface area contributed by atoms with Crippen molar-refractivity contribution in [2.75, 3.05) is 18.6 Å². The zero-order valence-electron chi connectivity index (χ0n) is 16.6. The molecule has 11 heteroatoms. The van der Waals surface area contributed by atoms with E-state index in [-0.39, 0.29) is 37.5 Å². The fraction of sp³-hybridized carbons (Fsp3) is 0.450. The molecule has 0 saturated carbocycles. The number of alkyl halides is 4. The van der Waals surface area contributed by atoms with E-state index >= 15 is 0 Å². The molecule has 1 N–H and O–H groups in total. The summed E-state index contributed by atoms with van der Waals surface area (Å²) in [4.78, 5) is 27.3. The fourth-order valence-electron chi connectivity index (χ4n) is 4.03. The van der Waals surface area contributed by atoms with Crippen molar-refractivity contribution in [3.05, 3.63) is 41.2 Å². The summed E-state index contributed by atoms with van der Waals surface area (Å²) >= 11 is 2.05. The average molecular weight is 548 g/mol. The summed E-state index contributed by atoms with van der Waals surface area (Å²) in [6.07, 6.45) is -4.46. The zero-order valence-corrected chi connectivity index (χ0v) is 18.7. The molecular weight excluding hydrogens is 528 g/mol. The SMILES string of the molecule is CN1C(=O)C(NC(=O)c2nn(CI)c3c2CC(C(F)(F)F)CC3)COc2ccccc21. The number of ether oxygens (including phenoxy) is 1. The van der Waals surface area contributed by atoms with Crippen molar-refractivity contribution < 1.29 is 27.5 Å². The molecule has 0 saturated heterocycles. The summed E-state index contributed by atoms with van der Waals surface area (Å²) in [5.74, 6) is -2.06. The van der Waals surface area contributed by atoms with E-state index < -0.39 is 24.0 Å². The second kappa shape index (κ2) is 8.32. The molecule has 1 aliphatic heterocycles. The van der Waals surface area contributed by atoms with Crippen molar-refractivity contribution in [3.63, 3.8) is 0 Å². The molecule has 1 aliphatic carbocycles. The topological polar surface area (TPSA) is 76.5 Å². The lowest BCUT2D eigenvalue weighted by molar-refractivity contribution is -0.177. The second-order valence-electron chi connectivity index (χ2n) is 7.58. The maximum Gasteiger partial charge on any atom is 0.392 e. The molecule has 2 heterocycles. The Morgan fingerprint density at radius 1 is 1.35 bits per heavy atom. The third kappa shape index (κ3) is 4.11. The fourth-order valence-corrected chi connectivity index (χ4v) is 4.60. The van der Waals surface area contributed by atoms with Gasteiger partial charge in [-0.15, -0.1) is 0 Å². The first kappa shape index (κ1) is 21.9. The number of nitrogens with zero attached hydrogens (tertiary/aromatic N) is 3. The number of rotatable bonds is 3. The number of aromatic nitrogens is 2. The number of likely N-dealkylation sites (N-methyl/N-ethyl adjacent to an activating group) is 1. The third-order valence-corrected chi connectivity index (χ3v) is 6.35. The number of carbonyl (C=O) groups is 2. The first-order valence-corrected chi connectivity index (χ1v) is 11.2. The van der Waals surface area contributed by atoms with Crippen LogP contribution in [0, 0.1) is 5.92 Å². The van der Waals surface area contributed by atoms with Crippen molar-refractivity contribution in [1.29, 1.82) is 0 Å². The number of halogens is 4. The molecular formula is C20H20F3IN4O3. The van der Waals surface area contributed by atoms with Crippen LogP contribution >= 0.6 is 22.6 Å². The van der Waals surface area contributed by atoms with Crippen LogP contribution < -0.4 is 15.0 Å². The summed E-state index contributed by atoms with van der Waals surface area (Å²) in [6, 6.07) is 6.00. The van der Waals surface area contributed by atoms with Gasteiger partial charge >= 0.3 is 6.18 Å². The predicted molar refractivity (Wildman–Crippen MR) is 114 cm³/mol. The Bertz CT molecular complexity index is 1020. The Kier molecular flexibility index (Phi) is 5.88. The first-order chi connectivity index (χ1) is 14.7. The summed E-state index contributed by atoms with van der Waals surface area (Å²) in [6.45, 7) is -0.0910. The van der Waals surface area contributed by atoms with E-state index in [1.165, 1.54) is 4.90 Å². The lowest BCUT2D eigenvalue weighted by Gasteiger charge is -2.25. The maximum atomic E-state index is 13.3. The van der Waals surface area contributed by atoms with Crippen LogP contribution in [0.4, 0.5) is 18.9 Å². The summed E-state index contributed by atoms with van der Waals surface area (Å²) in [5.41, 5.74) is 1.47. The minimum absolute atomic E-state index is 0.0299. The number of hydrogen-bond acceptors (Lipinski definition) is 4. The van der Waals surface area contributed by atoms with Gasteiger partial charge in [0.15, 0.2) is 5.69 Å². The maximum absolute atomic E-state index is 13.3. The Labute approximate surface area is 190 Å². The van der Waals surface area contributed by atoms with Gasteiger partial charge in [0.2, 0.25) is 0 Å². The molecule has 2 unspecified atom stereocenters. The van der Waals surface area contributed by atoms with Gasteiger partial charge in [-0.1, -0.05) is 34.7 Å². The Balaban J connectivity index is 1.58. The van der Waals surface area contributed by atoms with Crippen molar-refractivity contribution in [3.8, 4) is 5.75 Å². The van der Waals surface area contributed by atoms with E-state index in [0.717, 1.165) is 0 Å². The van der Waals surface area contributed by atoms with E-state index in [0.29, 0.717) is 27.2 Å². The number of hydrogen-bond donors (Lipinski definition) is 1. The van der Waals surface area contributed by atoms with Crippen LogP contribution in [0.25, 0.3) is 0 Å². The lowest BCUT2D eigenvalue weighted by atomic mass is 9.85. The molecule has 31 heavy (non-hydrogen) atoms. The third-order valence-electron chi connectivity index (χ3n) is 5.70. The number of para-hydroxylation sites is 2. The average Bonchev–Trinajstić information content (AvgIpc) is 3.08. The summed E-state index contributed by atoms with van der Waals surface area (Å²) < 4.78 is 47.6. The number of fused-ring (bicyclic) bond motifs is 2. The van der Waals surface area contributed by atoms with Crippen LogP contribution in [-0.4, -0.2) is 47.5 Å². The highest BCUT2D eigenvalue weighted by Crippen LogP contribution is 2.38. The number of amides is 2. The van der Waals surface area contributed by atoms with E-state index in [1.807, 2.05) is 0 Å². The molecule has 1 aromatic carbocycles. The minimum Gasteiger partial charge on any atom is -0.489 e. The molecule has 7 nitrogen and oxygen atoms in total. The minimum atomic E-state index is -4.34. The number of anilines is 1. The summed E-state index contributed by atoms with van der Waals surface area (Å²) in [7, 11) is 1.58. The highest BCUT2D eigenvalue weighted by Gasteiger charge is 2.43. The van der Waals surface area contributed by atoms with Gasteiger partial charge in [-0.2, -0.15) is 18.3 Å². The lowest BCUT2D eigenvalue weighted by Crippen LogP contribution is -2.49. The molecule has 0 radical (unpaired) electrons. The van der Waals surface area contributed by atoms with Crippen molar-refractivity contribution >= 4 is 40.1 Å². The molecule has 1 aromatic heterocycles. The molecule has 166 valence electrons. The molecule has 2 atom stereocenters. The smallest absolute Gasteiger partial charge is 0.392 e. The highest BCUT2D eigenvalue weighted by molar-refractivity contribution is 14.1. The Morgan fingerprint density at radius 2 is 2.10 bits per heavy atom. The van der Waals surface area contributed by atoms with Gasteiger partial charge in [0.25, 0.3) is 11.8 Å². The Hall–Kier alpha value is -2.31. The normalized spacial score (nSPS) is 21.1. The molecule has 2 aromatic rings. The zero-order chi connectivity index (χ0) is 22.3. The monoisotopic (exact) mass is 548 g/mol. The van der Waals surface area contributed by atoms with Gasteiger partial charge in [-0.3, -0.25) is 14.3 Å². The van der Waals surface area contributed by atoms with Crippen LogP contribution in [-0.2, 0) is 22.2 Å². The number of carbonyl (C=O) groups excluding carboxylic acids is 2. The Morgan fingerprint density at radius 3 is 2.81 bits per heavy atom. The van der Waals surface area contributed by atoms with Crippen molar-refractivity contribution in [2.24, 2.45) is 5.92 Å². The first-order valence-electron chi connectivity index (χ1n) is 9.72. The van der Waals surface area contributed by atoms with Crippen LogP contribution in [0.3, 0.4) is 0 Å². The molecule has 2 amide bonds. The number of benzene rings is 1. The van der Waals surface area contributed by atoms with Gasteiger partial charge in [-0.25, -0.2) is 0 Å². The van der Waals surface area contributed by atoms with Gasteiger partial charge < -0.3 is 15.0 Å². The van der Waals surface area contributed by atoms with Crippen LogP contribution in [0.2, 0.25) is 0 Å². The highest BCUT2D eigenvalue weighted by atomic mass is 127. The van der Waals surface area contributed by atoms with E-state index in [9.17, 15) is 22.8 Å². The predicted octanol–water partition coefficient (Wildman–Crippen LogP) is 3.10. The van der Waals surface area contributed by atoms with Crippen molar-refractivity contribution in [1.82, 2.24) is 15.1 Å². The standard InChI is InChI=1S/C20H20F3IN4O3/c1-27-15-4-2-3-5-16(15)31-9-13(19(27)30)25-18(29)17-12-8-11(20(21,22)23)6-7-14(12)28(10-24)26-17/h2-5,11,13H,6-10H2,1H3,(H,25,29). The molecule has 0 spiro atoms.